The van der Waals surface area contributed by atoms with Gasteiger partial charge in [-0.25, -0.2) is 14.4 Å². The van der Waals surface area contributed by atoms with Gasteiger partial charge in [-0.15, -0.1) is 11.3 Å². The molecule has 138 valence electrons. The molecule has 0 aliphatic heterocycles. The summed E-state index contributed by atoms with van der Waals surface area (Å²) in [6.07, 6.45) is 0. The predicted molar refractivity (Wildman–Crippen MR) is 99.9 cm³/mol. The fourth-order valence-electron chi connectivity index (χ4n) is 2.61. The molecule has 0 aliphatic rings. The third-order valence-corrected chi connectivity index (χ3v) is 5.48. The number of methoxy groups -OCH3 is 1. The highest BCUT2D eigenvalue weighted by Crippen LogP contribution is 2.29. The summed E-state index contributed by atoms with van der Waals surface area (Å²) in [7, 11) is 3.56. The molecule has 1 unspecified atom stereocenters. The molecule has 0 saturated heterocycles. The van der Waals surface area contributed by atoms with Crippen molar-refractivity contribution >= 4 is 11.3 Å². The van der Waals surface area contributed by atoms with Crippen molar-refractivity contribution in [1.29, 1.82) is 0 Å². The summed E-state index contributed by atoms with van der Waals surface area (Å²) in [6, 6.07) is 4.67. The van der Waals surface area contributed by atoms with Gasteiger partial charge in [-0.1, -0.05) is 0 Å². The van der Waals surface area contributed by atoms with E-state index in [9.17, 15) is 4.39 Å². The molecule has 2 aromatic heterocycles. The quantitative estimate of drug-likeness (QED) is 0.622. The molecule has 0 fully saturated rings. The number of benzene rings is 1. The van der Waals surface area contributed by atoms with Gasteiger partial charge >= 0.3 is 0 Å². The average molecular weight is 375 g/mol. The van der Waals surface area contributed by atoms with E-state index in [4.69, 9.17) is 9.15 Å². The molecule has 0 saturated carbocycles. The number of ether oxygens (including phenoxy) is 1. The highest BCUT2D eigenvalue weighted by molar-refractivity contribution is 7.09. The lowest BCUT2D eigenvalue weighted by molar-refractivity contribution is 0.248. The molecular formula is C19H22FN3O2S. The first-order valence-corrected chi connectivity index (χ1v) is 9.19. The van der Waals surface area contributed by atoms with Gasteiger partial charge in [-0.05, 0) is 46.0 Å². The number of hydrogen-bond donors (Lipinski definition) is 0. The Morgan fingerprint density at radius 2 is 2.08 bits per heavy atom. The summed E-state index contributed by atoms with van der Waals surface area (Å²) in [4.78, 5) is 11.2. The number of oxazole rings is 1. The Labute approximate surface area is 156 Å². The number of halogens is 1. The van der Waals surface area contributed by atoms with E-state index >= 15 is 0 Å². The van der Waals surface area contributed by atoms with Crippen LogP contribution < -0.4 is 4.74 Å². The van der Waals surface area contributed by atoms with Gasteiger partial charge in [-0.2, -0.15) is 0 Å². The van der Waals surface area contributed by atoms with Crippen molar-refractivity contribution in [2.75, 3.05) is 14.2 Å². The average Bonchev–Trinajstić information content (AvgIpc) is 3.21. The molecule has 0 amide bonds. The molecule has 0 N–H and O–H groups in total. The van der Waals surface area contributed by atoms with Crippen LogP contribution in [-0.2, 0) is 6.54 Å². The lowest BCUT2D eigenvalue weighted by Gasteiger charge is -2.21. The summed E-state index contributed by atoms with van der Waals surface area (Å²) in [5.41, 5.74) is 2.11. The third kappa shape index (κ3) is 3.78. The maximum atomic E-state index is 14.2. The summed E-state index contributed by atoms with van der Waals surface area (Å²) in [5.74, 6) is 1.11. The van der Waals surface area contributed by atoms with E-state index in [1.165, 1.54) is 6.07 Å². The molecule has 26 heavy (non-hydrogen) atoms. The highest BCUT2D eigenvalue weighted by atomic mass is 32.1. The van der Waals surface area contributed by atoms with Gasteiger partial charge in [0, 0.05) is 17.6 Å². The number of nitrogens with zero attached hydrogens (tertiary/aromatic N) is 3. The Morgan fingerprint density at radius 1 is 1.31 bits per heavy atom. The molecule has 1 aromatic carbocycles. The van der Waals surface area contributed by atoms with Crippen molar-refractivity contribution in [3.8, 4) is 17.2 Å². The largest absolute Gasteiger partial charge is 0.497 e. The predicted octanol–water partition coefficient (Wildman–Crippen LogP) is 4.76. The maximum Gasteiger partial charge on any atom is 0.229 e. The lowest BCUT2D eigenvalue weighted by Crippen LogP contribution is -2.22. The third-order valence-electron chi connectivity index (χ3n) is 4.35. The second-order valence-electron chi connectivity index (χ2n) is 6.29. The topological polar surface area (TPSA) is 51.4 Å². The summed E-state index contributed by atoms with van der Waals surface area (Å²) in [6.45, 7) is 6.52. The van der Waals surface area contributed by atoms with Crippen LogP contribution in [0.5, 0.6) is 5.75 Å². The van der Waals surface area contributed by atoms with Gasteiger partial charge in [0.25, 0.3) is 0 Å². The fraction of sp³-hybridized carbons (Fsp3) is 0.368. The first-order valence-electron chi connectivity index (χ1n) is 8.31. The Hall–Kier alpha value is -2.25. The molecule has 5 nitrogen and oxygen atoms in total. The van der Waals surface area contributed by atoms with Gasteiger partial charge in [0.05, 0.1) is 24.4 Å². The SMILES string of the molecule is COc1ccc(F)c(-c2nc(CN(C)C(C)c3nc(C)cs3)c(C)o2)c1. The second kappa shape index (κ2) is 7.55. The molecule has 0 bridgehead atoms. The molecule has 3 aromatic rings. The number of thiazole rings is 1. The van der Waals surface area contributed by atoms with Crippen LogP contribution in [0.3, 0.4) is 0 Å². The van der Waals surface area contributed by atoms with Crippen LogP contribution in [0, 0.1) is 19.7 Å². The van der Waals surface area contributed by atoms with Crippen LogP contribution in [0.2, 0.25) is 0 Å². The van der Waals surface area contributed by atoms with E-state index in [2.05, 4.69) is 21.8 Å². The van der Waals surface area contributed by atoms with Crippen molar-refractivity contribution in [2.45, 2.75) is 33.4 Å². The molecule has 0 radical (unpaired) electrons. The van der Waals surface area contributed by atoms with Crippen LogP contribution in [0.15, 0.2) is 28.0 Å². The van der Waals surface area contributed by atoms with E-state index in [1.807, 2.05) is 26.3 Å². The highest BCUT2D eigenvalue weighted by Gasteiger charge is 2.20. The van der Waals surface area contributed by atoms with Crippen LogP contribution in [0.1, 0.15) is 35.1 Å². The number of aryl methyl sites for hydroxylation is 2. The monoisotopic (exact) mass is 375 g/mol. The zero-order valence-corrected chi connectivity index (χ0v) is 16.4. The molecule has 0 spiro atoms. The standard InChI is InChI=1S/C19H22FN3O2S/c1-11-10-26-19(21-11)12(2)23(4)9-17-13(3)25-18(22-17)15-8-14(24-5)6-7-16(15)20/h6-8,10,12H,9H2,1-5H3. The van der Waals surface area contributed by atoms with Crippen LogP contribution in [-0.4, -0.2) is 29.0 Å². The zero-order chi connectivity index (χ0) is 18.8. The lowest BCUT2D eigenvalue weighted by atomic mass is 10.2. The van der Waals surface area contributed by atoms with Gasteiger partial charge < -0.3 is 9.15 Å². The van der Waals surface area contributed by atoms with E-state index in [-0.39, 0.29) is 11.9 Å². The second-order valence-corrected chi connectivity index (χ2v) is 7.18. The summed E-state index contributed by atoms with van der Waals surface area (Å²) in [5, 5.41) is 3.11. The molecular weight excluding hydrogens is 353 g/mol. The minimum absolute atomic E-state index is 0.154. The molecule has 2 heterocycles. The first-order chi connectivity index (χ1) is 12.4. The molecule has 7 heteroatoms. The van der Waals surface area contributed by atoms with E-state index < -0.39 is 5.82 Å². The normalized spacial score (nSPS) is 12.6. The number of rotatable bonds is 6. The Balaban J connectivity index is 1.82. The smallest absolute Gasteiger partial charge is 0.229 e. The van der Waals surface area contributed by atoms with Gasteiger partial charge in [0.1, 0.15) is 22.3 Å². The number of aromatic nitrogens is 2. The Bertz CT molecular complexity index is 906. The van der Waals surface area contributed by atoms with Crippen molar-refractivity contribution in [3.63, 3.8) is 0 Å². The van der Waals surface area contributed by atoms with Gasteiger partial charge in [0.15, 0.2) is 0 Å². The molecule has 0 aliphatic carbocycles. The number of hydrogen-bond acceptors (Lipinski definition) is 6. The summed E-state index contributed by atoms with van der Waals surface area (Å²) < 4.78 is 25.1. The van der Waals surface area contributed by atoms with Crippen LogP contribution in [0.4, 0.5) is 4.39 Å². The Kier molecular flexibility index (Phi) is 5.38. The van der Waals surface area contributed by atoms with E-state index in [0.29, 0.717) is 23.6 Å². The minimum Gasteiger partial charge on any atom is -0.497 e. The van der Waals surface area contributed by atoms with Crippen molar-refractivity contribution in [3.05, 3.63) is 51.6 Å². The maximum absolute atomic E-state index is 14.2. The van der Waals surface area contributed by atoms with Crippen LogP contribution >= 0.6 is 11.3 Å². The van der Waals surface area contributed by atoms with Crippen LogP contribution in [0.25, 0.3) is 11.5 Å². The van der Waals surface area contributed by atoms with E-state index in [0.717, 1.165) is 16.4 Å². The first kappa shape index (κ1) is 18.5. The van der Waals surface area contributed by atoms with Crippen molar-refractivity contribution in [1.82, 2.24) is 14.9 Å². The van der Waals surface area contributed by atoms with Gasteiger partial charge in [-0.3, -0.25) is 4.90 Å². The zero-order valence-electron chi connectivity index (χ0n) is 15.5. The minimum atomic E-state index is -0.390. The molecule has 3 rings (SSSR count). The van der Waals surface area contributed by atoms with Crippen molar-refractivity contribution in [2.24, 2.45) is 0 Å². The fourth-order valence-corrected chi connectivity index (χ4v) is 3.53. The Morgan fingerprint density at radius 3 is 2.73 bits per heavy atom. The van der Waals surface area contributed by atoms with Gasteiger partial charge in [0.2, 0.25) is 5.89 Å². The molecule has 1 atom stereocenters. The van der Waals surface area contributed by atoms with Crippen molar-refractivity contribution < 1.29 is 13.5 Å². The summed E-state index contributed by atoms with van der Waals surface area (Å²) >= 11 is 1.65. The van der Waals surface area contributed by atoms with E-state index in [1.54, 1.807) is 30.6 Å².